The van der Waals surface area contributed by atoms with Crippen LogP contribution >= 0.6 is 0 Å². The highest BCUT2D eigenvalue weighted by atomic mass is 16.5. The Morgan fingerprint density at radius 2 is 1.86 bits per heavy atom. The number of hydrogen-bond acceptors (Lipinski definition) is 2. The molecule has 0 unspecified atom stereocenters. The number of rotatable bonds is 5. The number of ether oxygens (including phenoxy) is 1. The molecule has 0 aliphatic rings. The Hall–Kier alpha value is -2.53. The maximum absolute atomic E-state index is 5.31. The molecule has 0 aliphatic carbocycles. The van der Waals surface area contributed by atoms with Gasteiger partial charge < -0.3 is 4.74 Å². The second-order valence-corrected chi connectivity index (χ2v) is 4.92. The lowest BCUT2D eigenvalue weighted by atomic mass is 10.1. The van der Waals surface area contributed by atoms with Gasteiger partial charge >= 0.3 is 0 Å². The second-order valence-electron chi connectivity index (χ2n) is 4.92. The Kier molecular flexibility index (Phi) is 6.26. The Morgan fingerprint density at radius 3 is 2.68 bits per heavy atom. The Morgan fingerprint density at radius 1 is 1.09 bits per heavy atom. The SMILES string of the molecule is CCCCC#Cc1ccccc1C=Nc1ccccc1OC. The molecule has 2 nitrogen and oxygen atoms in total. The van der Waals surface area contributed by atoms with Crippen molar-refractivity contribution >= 4 is 11.9 Å². The first kappa shape index (κ1) is 15.9. The average molecular weight is 291 g/mol. The van der Waals surface area contributed by atoms with Crippen molar-refractivity contribution < 1.29 is 4.74 Å². The molecule has 2 aromatic carbocycles. The van der Waals surface area contributed by atoms with Gasteiger partial charge in [0.15, 0.2) is 0 Å². The molecule has 22 heavy (non-hydrogen) atoms. The van der Waals surface area contributed by atoms with Crippen molar-refractivity contribution in [3.05, 3.63) is 59.7 Å². The number of benzene rings is 2. The second kappa shape index (κ2) is 8.69. The summed E-state index contributed by atoms with van der Waals surface area (Å²) < 4.78 is 5.31. The van der Waals surface area contributed by atoms with E-state index in [-0.39, 0.29) is 0 Å². The molecule has 0 saturated heterocycles. The first-order valence-electron chi connectivity index (χ1n) is 7.60. The normalized spacial score (nSPS) is 10.3. The molecule has 2 aromatic rings. The van der Waals surface area contributed by atoms with E-state index in [1.807, 2.05) is 54.7 Å². The van der Waals surface area contributed by atoms with Gasteiger partial charge in [0.2, 0.25) is 0 Å². The molecule has 2 rings (SSSR count). The third-order valence-electron chi connectivity index (χ3n) is 3.27. The lowest BCUT2D eigenvalue weighted by Crippen LogP contribution is -1.88. The van der Waals surface area contributed by atoms with Crippen molar-refractivity contribution in [1.82, 2.24) is 0 Å². The molecule has 0 radical (unpaired) electrons. The van der Waals surface area contributed by atoms with E-state index in [4.69, 9.17) is 4.74 Å². The predicted molar refractivity (Wildman–Crippen MR) is 93.1 cm³/mol. The summed E-state index contributed by atoms with van der Waals surface area (Å²) in [6.07, 6.45) is 5.10. The van der Waals surface area contributed by atoms with Gasteiger partial charge in [-0.3, -0.25) is 4.99 Å². The van der Waals surface area contributed by atoms with Crippen LogP contribution in [0.15, 0.2) is 53.5 Å². The monoisotopic (exact) mass is 291 g/mol. The summed E-state index contributed by atoms with van der Waals surface area (Å²) in [6.45, 7) is 2.18. The van der Waals surface area contributed by atoms with Crippen LogP contribution in [-0.4, -0.2) is 13.3 Å². The maximum Gasteiger partial charge on any atom is 0.144 e. The molecule has 0 heterocycles. The molecule has 0 aromatic heterocycles. The van der Waals surface area contributed by atoms with Gasteiger partial charge in [0.05, 0.1) is 7.11 Å². The van der Waals surface area contributed by atoms with Crippen molar-refractivity contribution in [2.24, 2.45) is 4.99 Å². The van der Waals surface area contributed by atoms with Crippen molar-refractivity contribution in [3.8, 4) is 17.6 Å². The van der Waals surface area contributed by atoms with E-state index in [2.05, 4.69) is 23.8 Å². The average Bonchev–Trinajstić information content (AvgIpc) is 2.58. The summed E-state index contributed by atoms with van der Waals surface area (Å²) in [5.41, 5.74) is 2.86. The maximum atomic E-state index is 5.31. The zero-order valence-corrected chi connectivity index (χ0v) is 13.2. The van der Waals surface area contributed by atoms with E-state index in [9.17, 15) is 0 Å². The zero-order chi connectivity index (χ0) is 15.6. The molecular weight excluding hydrogens is 270 g/mol. The van der Waals surface area contributed by atoms with Gasteiger partial charge in [-0.05, 0) is 24.6 Å². The lowest BCUT2D eigenvalue weighted by Gasteiger charge is -2.03. The highest BCUT2D eigenvalue weighted by molar-refractivity contribution is 5.86. The molecule has 0 saturated carbocycles. The van der Waals surface area contributed by atoms with Gasteiger partial charge in [-0.1, -0.05) is 55.5 Å². The van der Waals surface area contributed by atoms with Gasteiger partial charge in [-0.15, -0.1) is 0 Å². The fraction of sp³-hybridized carbons (Fsp3) is 0.250. The van der Waals surface area contributed by atoms with Crippen LogP contribution in [0.4, 0.5) is 5.69 Å². The summed E-state index contributed by atoms with van der Waals surface area (Å²) in [4.78, 5) is 4.53. The fourth-order valence-corrected chi connectivity index (χ4v) is 2.02. The van der Waals surface area contributed by atoms with E-state index in [0.29, 0.717) is 0 Å². The van der Waals surface area contributed by atoms with Crippen LogP contribution in [0.5, 0.6) is 5.75 Å². The molecule has 0 fully saturated rings. The summed E-state index contributed by atoms with van der Waals surface area (Å²) >= 11 is 0. The quantitative estimate of drug-likeness (QED) is 0.432. The molecule has 0 spiro atoms. The van der Waals surface area contributed by atoms with Crippen LogP contribution in [0.2, 0.25) is 0 Å². The highest BCUT2D eigenvalue weighted by Gasteiger charge is 1.99. The standard InChI is InChI=1S/C20H21NO/c1-3-4-5-6-11-17-12-7-8-13-18(17)16-21-19-14-9-10-15-20(19)22-2/h7-10,12-16H,3-5H2,1-2H3. The van der Waals surface area contributed by atoms with E-state index in [0.717, 1.165) is 35.4 Å². The Balaban J connectivity index is 2.22. The van der Waals surface area contributed by atoms with E-state index in [1.54, 1.807) is 7.11 Å². The van der Waals surface area contributed by atoms with Gasteiger partial charge in [0, 0.05) is 23.8 Å². The topological polar surface area (TPSA) is 21.6 Å². The number of para-hydroxylation sites is 2. The minimum absolute atomic E-state index is 0.769. The van der Waals surface area contributed by atoms with Crippen molar-refractivity contribution in [3.63, 3.8) is 0 Å². The van der Waals surface area contributed by atoms with Crippen LogP contribution in [0.3, 0.4) is 0 Å². The third-order valence-corrected chi connectivity index (χ3v) is 3.27. The third kappa shape index (κ3) is 4.49. The Labute approximate surface area is 132 Å². The Bertz CT molecular complexity index is 692. The lowest BCUT2D eigenvalue weighted by molar-refractivity contribution is 0.416. The van der Waals surface area contributed by atoms with Gasteiger partial charge in [0.25, 0.3) is 0 Å². The van der Waals surface area contributed by atoms with Crippen LogP contribution in [0, 0.1) is 11.8 Å². The van der Waals surface area contributed by atoms with Crippen LogP contribution < -0.4 is 4.74 Å². The molecule has 112 valence electrons. The fourth-order valence-electron chi connectivity index (χ4n) is 2.02. The largest absolute Gasteiger partial charge is 0.494 e. The summed E-state index contributed by atoms with van der Waals surface area (Å²) in [5.74, 6) is 7.24. The predicted octanol–water partition coefficient (Wildman–Crippen LogP) is 4.99. The molecule has 0 amide bonds. The highest BCUT2D eigenvalue weighted by Crippen LogP contribution is 2.26. The van der Waals surface area contributed by atoms with Crippen LogP contribution in [0.25, 0.3) is 0 Å². The number of aliphatic imine (C=N–C) groups is 1. The van der Waals surface area contributed by atoms with E-state index >= 15 is 0 Å². The van der Waals surface area contributed by atoms with E-state index < -0.39 is 0 Å². The number of nitrogens with zero attached hydrogens (tertiary/aromatic N) is 1. The van der Waals surface area contributed by atoms with Gasteiger partial charge in [-0.25, -0.2) is 0 Å². The first-order chi connectivity index (χ1) is 10.8. The smallest absolute Gasteiger partial charge is 0.144 e. The molecule has 0 bridgehead atoms. The summed E-state index contributed by atoms with van der Waals surface area (Å²) in [6, 6.07) is 15.8. The van der Waals surface area contributed by atoms with Crippen molar-refractivity contribution in [2.45, 2.75) is 26.2 Å². The molecule has 0 aliphatic heterocycles. The van der Waals surface area contributed by atoms with E-state index in [1.165, 1.54) is 6.42 Å². The zero-order valence-electron chi connectivity index (χ0n) is 13.2. The minimum atomic E-state index is 0.769. The van der Waals surface area contributed by atoms with Gasteiger partial charge in [0.1, 0.15) is 11.4 Å². The molecular formula is C20H21NO. The van der Waals surface area contributed by atoms with Crippen LogP contribution in [-0.2, 0) is 0 Å². The van der Waals surface area contributed by atoms with Crippen molar-refractivity contribution in [2.75, 3.05) is 7.11 Å². The number of methoxy groups -OCH3 is 1. The van der Waals surface area contributed by atoms with Crippen LogP contribution in [0.1, 0.15) is 37.3 Å². The van der Waals surface area contributed by atoms with Crippen molar-refractivity contribution in [1.29, 1.82) is 0 Å². The summed E-state index contributed by atoms with van der Waals surface area (Å²) in [7, 11) is 1.65. The number of unbranched alkanes of at least 4 members (excludes halogenated alkanes) is 2. The molecule has 0 N–H and O–H groups in total. The summed E-state index contributed by atoms with van der Waals surface area (Å²) in [5, 5.41) is 0. The molecule has 2 heteroatoms. The molecule has 0 atom stereocenters. The first-order valence-corrected chi connectivity index (χ1v) is 7.60. The minimum Gasteiger partial charge on any atom is -0.494 e. The van der Waals surface area contributed by atoms with Gasteiger partial charge in [-0.2, -0.15) is 0 Å². The number of hydrogen-bond donors (Lipinski definition) is 0.